The van der Waals surface area contributed by atoms with E-state index in [9.17, 15) is 18.1 Å². The van der Waals surface area contributed by atoms with E-state index in [-0.39, 0.29) is 31.7 Å². The van der Waals surface area contributed by atoms with Gasteiger partial charge in [-0.1, -0.05) is 10.5 Å². The van der Waals surface area contributed by atoms with E-state index in [4.69, 9.17) is 4.74 Å². The average molecular weight is 371 g/mol. The molecule has 0 saturated carbocycles. The predicted molar refractivity (Wildman–Crippen MR) is 93.2 cm³/mol. The summed E-state index contributed by atoms with van der Waals surface area (Å²) in [6.45, 7) is 3.59. The Labute approximate surface area is 151 Å². The Morgan fingerprint density at radius 1 is 1.19 bits per heavy atom. The van der Waals surface area contributed by atoms with Crippen molar-refractivity contribution in [2.45, 2.75) is 18.8 Å². The van der Waals surface area contributed by atoms with E-state index in [1.165, 1.54) is 12.1 Å². The Morgan fingerprint density at radius 3 is 2.50 bits per heavy atom. The van der Waals surface area contributed by atoms with Crippen LogP contribution in [0.2, 0.25) is 0 Å². The van der Waals surface area contributed by atoms with E-state index < -0.39 is 22.9 Å². The third kappa shape index (κ3) is 3.96. The highest BCUT2D eigenvalue weighted by Gasteiger charge is 2.50. The van der Waals surface area contributed by atoms with Gasteiger partial charge in [-0.25, -0.2) is 0 Å². The van der Waals surface area contributed by atoms with Gasteiger partial charge in [-0.15, -0.1) is 5.12 Å². The van der Waals surface area contributed by atoms with Gasteiger partial charge in [0.25, 0.3) is 0 Å². The molecule has 5 nitrogen and oxygen atoms in total. The molecule has 1 amide bonds. The monoisotopic (exact) mass is 371 g/mol. The number of nitrogens with zero attached hydrogens (tertiary/aromatic N) is 3. The van der Waals surface area contributed by atoms with Crippen molar-refractivity contribution in [1.29, 1.82) is 0 Å². The van der Waals surface area contributed by atoms with Crippen molar-refractivity contribution < 1.29 is 22.8 Å². The lowest BCUT2D eigenvalue weighted by Crippen LogP contribution is -2.47. The maximum atomic E-state index is 14.5. The molecule has 0 radical (unpaired) electrons. The number of hydrogen-bond acceptors (Lipinski definition) is 4. The zero-order valence-electron chi connectivity index (χ0n) is 14.8. The number of halogens is 3. The molecule has 0 bridgehead atoms. The predicted octanol–water partition coefficient (Wildman–Crippen LogP) is 2.72. The van der Waals surface area contributed by atoms with Crippen LogP contribution in [0, 0.1) is 5.92 Å². The van der Waals surface area contributed by atoms with Gasteiger partial charge in [-0.2, -0.15) is 8.78 Å². The molecule has 144 valence electrons. The van der Waals surface area contributed by atoms with Crippen LogP contribution in [0.15, 0.2) is 24.3 Å². The van der Waals surface area contributed by atoms with Crippen LogP contribution in [0.5, 0.6) is 0 Å². The smallest absolute Gasteiger partial charge is 0.330 e. The fourth-order valence-electron chi connectivity index (χ4n) is 3.36. The molecule has 3 rings (SSSR count). The number of alkyl halides is 2. The largest absolute Gasteiger partial charge is 0.381 e. The van der Waals surface area contributed by atoms with Gasteiger partial charge < -0.3 is 14.5 Å². The summed E-state index contributed by atoms with van der Waals surface area (Å²) in [6.07, 6.45) is 0.0990. The quantitative estimate of drug-likeness (QED) is 0.763. The van der Waals surface area contributed by atoms with Crippen LogP contribution >= 0.6 is 0 Å². The number of carbonyl (C=O) groups excluding carboxylic acids is 1. The summed E-state index contributed by atoms with van der Waals surface area (Å²) < 4.78 is 48.5. The number of amides is 1. The number of likely N-dealkylation sites (N-methyl/N-ethyl adjacent to an activating group) is 1. The first-order chi connectivity index (χ1) is 12.4. The summed E-state index contributed by atoms with van der Waals surface area (Å²) in [5.74, 6) is -6.75. The van der Waals surface area contributed by atoms with E-state index in [0.717, 1.165) is 31.9 Å². The lowest BCUT2D eigenvalue weighted by molar-refractivity contribution is -0.159. The van der Waals surface area contributed by atoms with Gasteiger partial charge in [0.15, 0.2) is 0 Å². The number of carbonyl (C=O) groups is 1. The standard InChI is InChI=1S/C18H24F3N3O2/c1-22-7-9-23(10-8-22)15-3-2-4-16(13-15)24(21)17(25)18(19,20)14-5-11-26-12-6-14/h2-4,13-14H,5-12H2,1H3. The summed E-state index contributed by atoms with van der Waals surface area (Å²) in [7, 11) is 2.02. The lowest BCUT2D eigenvalue weighted by atomic mass is 9.92. The third-order valence-corrected chi connectivity index (χ3v) is 5.12. The molecule has 8 heteroatoms. The summed E-state index contributed by atoms with van der Waals surface area (Å²) in [4.78, 5) is 16.4. The molecule has 1 aromatic carbocycles. The molecule has 1 aromatic rings. The van der Waals surface area contributed by atoms with Gasteiger partial charge in [0.05, 0.1) is 5.69 Å². The number of piperazine rings is 1. The summed E-state index contributed by atoms with van der Waals surface area (Å²) >= 11 is 0. The first-order valence-corrected chi connectivity index (χ1v) is 8.89. The number of ether oxygens (including phenoxy) is 1. The van der Waals surface area contributed by atoms with Gasteiger partial charge in [-0.3, -0.25) is 4.79 Å². The number of benzene rings is 1. The topological polar surface area (TPSA) is 36.0 Å². The van der Waals surface area contributed by atoms with Crippen molar-refractivity contribution >= 4 is 17.3 Å². The molecular formula is C18H24F3N3O2. The zero-order valence-corrected chi connectivity index (χ0v) is 14.8. The third-order valence-electron chi connectivity index (χ3n) is 5.12. The molecular weight excluding hydrogens is 347 g/mol. The highest BCUT2D eigenvalue weighted by molar-refractivity contribution is 5.97. The van der Waals surface area contributed by atoms with Crippen molar-refractivity contribution in [3.05, 3.63) is 24.3 Å². The van der Waals surface area contributed by atoms with Gasteiger partial charge in [0.1, 0.15) is 0 Å². The van der Waals surface area contributed by atoms with Crippen molar-refractivity contribution in [2.75, 3.05) is 56.5 Å². The minimum absolute atomic E-state index is 0.0495. The molecule has 0 N–H and O–H groups in total. The summed E-state index contributed by atoms with van der Waals surface area (Å²) in [6, 6.07) is 6.15. The molecule has 2 heterocycles. The minimum atomic E-state index is -3.75. The molecule has 0 spiro atoms. The first kappa shape index (κ1) is 19.0. The van der Waals surface area contributed by atoms with Crippen molar-refractivity contribution in [3.8, 4) is 0 Å². The Bertz CT molecular complexity index is 630. The van der Waals surface area contributed by atoms with Crippen LogP contribution < -0.4 is 10.0 Å². The maximum Gasteiger partial charge on any atom is 0.330 e. The van der Waals surface area contributed by atoms with Gasteiger partial charge >= 0.3 is 11.8 Å². The van der Waals surface area contributed by atoms with Gasteiger partial charge in [0, 0.05) is 51.0 Å². The number of rotatable bonds is 4. The van der Waals surface area contributed by atoms with Crippen LogP contribution in [-0.4, -0.2) is 63.2 Å². The fourth-order valence-corrected chi connectivity index (χ4v) is 3.36. The Morgan fingerprint density at radius 2 is 1.85 bits per heavy atom. The van der Waals surface area contributed by atoms with Crippen molar-refractivity contribution in [3.63, 3.8) is 0 Å². The molecule has 2 fully saturated rings. The number of anilines is 2. The van der Waals surface area contributed by atoms with Crippen LogP contribution in [-0.2, 0) is 9.53 Å². The van der Waals surface area contributed by atoms with Crippen LogP contribution in [0.1, 0.15) is 12.8 Å². The summed E-state index contributed by atoms with van der Waals surface area (Å²) in [5, 5.41) is -0.408. The second kappa shape index (κ2) is 7.84. The van der Waals surface area contributed by atoms with Gasteiger partial charge in [0.2, 0.25) is 0 Å². The van der Waals surface area contributed by atoms with Crippen molar-refractivity contribution in [1.82, 2.24) is 4.90 Å². The first-order valence-electron chi connectivity index (χ1n) is 8.89. The fraction of sp³-hybridized carbons (Fsp3) is 0.611. The molecule has 0 atom stereocenters. The second-order valence-corrected chi connectivity index (χ2v) is 6.91. The average Bonchev–Trinajstić information content (AvgIpc) is 2.68. The molecule has 0 aromatic heterocycles. The molecule has 2 aliphatic rings. The van der Waals surface area contributed by atoms with Gasteiger partial charge in [-0.05, 0) is 38.1 Å². The SMILES string of the molecule is CN1CCN(c2cccc(N(F)C(=O)C(F)(F)C3CCOCC3)c2)CC1. The van der Waals surface area contributed by atoms with E-state index in [1.807, 2.05) is 7.05 Å². The van der Waals surface area contributed by atoms with Crippen LogP contribution in [0.25, 0.3) is 0 Å². The van der Waals surface area contributed by atoms with Crippen LogP contribution in [0.4, 0.5) is 24.6 Å². The Kier molecular flexibility index (Phi) is 5.72. The molecule has 2 aliphatic heterocycles. The lowest BCUT2D eigenvalue weighted by Gasteiger charge is -2.34. The number of hydrogen-bond donors (Lipinski definition) is 0. The minimum Gasteiger partial charge on any atom is -0.381 e. The molecule has 0 unspecified atom stereocenters. The molecule has 26 heavy (non-hydrogen) atoms. The van der Waals surface area contributed by atoms with Crippen LogP contribution in [0.3, 0.4) is 0 Å². The summed E-state index contributed by atoms with van der Waals surface area (Å²) in [5.41, 5.74) is 0.554. The Balaban J connectivity index is 1.73. The van der Waals surface area contributed by atoms with E-state index >= 15 is 0 Å². The highest BCUT2D eigenvalue weighted by atomic mass is 19.3. The zero-order chi connectivity index (χ0) is 18.7. The Hall–Kier alpha value is -1.80. The van der Waals surface area contributed by atoms with E-state index in [1.54, 1.807) is 12.1 Å². The van der Waals surface area contributed by atoms with E-state index in [0.29, 0.717) is 0 Å². The van der Waals surface area contributed by atoms with Crippen molar-refractivity contribution in [2.24, 2.45) is 5.92 Å². The second-order valence-electron chi connectivity index (χ2n) is 6.91. The highest BCUT2D eigenvalue weighted by Crippen LogP contribution is 2.36. The molecule has 0 aliphatic carbocycles. The normalized spacial score (nSPS) is 20.2. The molecule has 2 saturated heterocycles. The van der Waals surface area contributed by atoms with E-state index in [2.05, 4.69) is 9.80 Å². The maximum absolute atomic E-state index is 14.5.